The molecule has 0 unspecified atom stereocenters. The Morgan fingerprint density at radius 2 is 1.93 bits per heavy atom. The molecule has 2 heterocycles. The van der Waals surface area contributed by atoms with Crippen LogP contribution in [0.4, 0.5) is 5.82 Å². The maximum atomic E-state index is 12.9. The van der Waals surface area contributed by atoms with E-state index >= 15 is 0 Å². The highest BCUT2D eigenvalue weighted by Gasteiger charge is 2.20. The quantitative estimate of drug-likeness (QED) is 0.688. The minimum absolute atomic E-state index is 0.0554. The van der Waals surface area contributed by atoms with E-state index in [2.05, 4.69) is 15.4 Å². The van der Waals surface area contributed by atoms with Crippen molar-refractivity contribution in [2.75, 3.05) is 5.32 Å². The van der Waals surface area contributed by atoms with Crippen LogP contribution in [0.25, 0.3) is 10.9 Å². The van der Waals surface area contributed by atoms with Gasteiger partial charge in [0.05, 0.1) is 12.2 Å². The Kier molecular flexibility index (Phi) is 4.23. The Hall–Kier alpha value is -2.56. The monoisotopic (exact) mass is 362 g/mol. The van der Waals surface area contributed by atoms with Gasteiger partial charge < -0.3 is 10.3 Å². The molecule has 1 amide bonds. The van der Waals surface area contributed by atoms with E-state index in [1.807, 2.05) is 28.9 Å². The van der Waals surface area contributed by atoms with Gasteiger partial charge in [-0.2, -0.15) is 5.10 Å². The summed E-state index contributed by atoms with van der Waals surface area (Å²) < 4.78 is 2.01. The number of nitrogens with zero attached hydrogens (tertiary/aromatic N) is 2. The van der Waals surface area contributed by atoms with Crippen molar-refractivity contribution in [2.45, 2.75) is 63.8 Å². The molecule has 0 aliphatic heterocycles. The van der Waals surface area contributed by atoms with Gasteiger partial charge in [0.15, 0.2) is 0 Å². The lowest BCUT2D eigenvalue weighted by atomic mass is 9.95. The molecule has 1 fully saturated rings. The fourth-order valence-corrected chi connectivity index (χ4v) is 4.77. The Bertz CT molecular complexity index is 978. The lowest BCUT2D eigenvalue weighted by Crippen LogP contribution is -2.20. The van der Waals surface area contributed by atoms with Gasteiger partial charge in [-0.15, -0.1) is 0 Å². The van der Waals surface area contributed by atoms with Gasteiger partial charge in [0.1, 0.15) is 5.82 Å². The van der Waals surface area contributed by atoms with Crippen LogP contribution in [0, 0.1) is 0 Å². The molecular weight excluding hydrogens is 336 g/mol. The number of hydrogen-bond acceptors (Lipinski definition) is 2. The number of H-pyrrole nitrogens is 1. The van der Waals surface area contributed by atoms with Crippen molar-refractivity contribution < 1.29 is 4.79 Å². The van der Waals surface area contributed by atoms with Crippen molar-refractivity contribution in [3.63, 3.8) is 0 Å². The van der Waals surface area contributed by atoms with Crippen molar-refractivity contribution in [1.29, 1.82) is 0 Å². The Labute approximate surface area is 159 Å². The Morgan fingerprint density at radius 1 is 1.07 bits per heavy atom. The average molecular weight is 362 g/mol. The van der Waals surface area contributed by atoms with Gasteiger partial charge in [-0.3, -0.25) is 4.79 Å². The highest BCUT2D eigenvalue weighted by molar-refractivity contribution is 6.06. The summed E-state index contributed by atoms with van der Waals surface area (Å²) >= 11 is 0. The predicted octanol–water partition coefficient (Wildman–Crippen LogP) is 5.00. The van der Waals surface area contributed by atoms with Crippen LogP contribution in [-0.4, -0.2) is 20.7 Å². The molecule has 1 saturated carbocycles. The van der Waals surface area contributed by atoms with E-state index in [1.165, 1.54) is 48.7 Å². The van der Waals surface area contributed by atoms with E-state index in [0.29, 0.717) is 11.6 Å². The molecule has 2 N–H and O–H groups in total. The van der Waals surface area contributed by atoms with Crippen LogP contribution in [0.2, 0.25) is 0 Å². The summed E-state index contributed by atoms with van der Waals surface area (Å²) in [6.45, 7) is 0. The van der Waals surface area contributed by atoms with Gasteiger partial charge in [-0.1, -0.05) is 19.3 Å². The molecule has 0 radical (unpaired) electrons. The van der Waals surface area contributed by atoms with Gasteiger partial charge in [0.2, 0.25) is 0 Å². The first kappa shape index (κ1) is 16.6. The number of nitrogens with one attached hydrogen (secondary N) is 2. The molecule has 0 saturated heterocycles. The Balaban J connectivity index is 1.41. The number of aromatic nitrogens is 3. The van der Waals surface area contributed by atoms with E-state index in [4.69, 9.17) is 0 Å². The van der Waals surface area contributed by atoms with Crippen LogP contribution in [-0.2, 0) is 12.8 Å². The van der Waals surface area contributed by atoms with Crippen LogP contribution in [0.15, 0.2) is 30.5 Å². The topological polar surface area (TPSA) is 62.7 Å². The number of benzene rings is 1. The van der Waals surface area contributed by atoms with Crippen LogP contribution in [0.5, 0.6) is 0 Å². The molecule has 5 nitrogen and oxygen atoms in total. The van der Waals surface area contributed by atoms with Crippen molar-refractivity contribution in [2.24, 2.45) is 0 Å². The van der Waals surface area contributed by atoms with Gasteiger partial charge >= 0.3 is 0 Å². The molecule has 2 aromatic heterocycles. The number of carbonyl (C=O) groups is 1. The zero-order valence-electron chi connectivity index (χ0n) is 15.6. The maximum Gasteiger partial charge on any atom is 0.256 e. The highest BCUT2D eigenvalue weighted by atomic mass is 16.1. The van der Waals surface area contributed by atoms with E-state index < -0.39 is 0 Å². The first-order chi connectivity index (χ1) is 13.3. The third-order valence-corrected chi connectivity index (χ3v) is 6.19. The fourth-order valence-electron chi connectivity index (χ4n) is 4.77. The standard InChI is InChI=1S/C22H26N4O/c27-22(25-21-12-13-23-26(21)16-6-2-1-3-7-16)15-10-11-20-18(14-15)17-8-4-5-9-19(17)24-20/h10-14,16,24H,1-9H2,(H,25,27). The van der Waals surface area contributed by atoms with Gasteiger partial charge in [-0.05, 0) is 62.3 Å². The molecule has 0 bridgehead atoms. The lowest BCUT2D eigenvalue weighted by molar-refractivity contribution is 0.102. The summed E-state index contributed by atoms with van der Waals surface area (Å²) in [6.07, 6.45) is 12.6. The third kappa shape index (κ3) is 3.05. The summed E-state index contributed by atoms with van der Waals surface area (Å²) in [7, 11) is 0. The number of carbonyl (C=O) groups excluding carboxylic acids is 1. The number of aromatic amines is 1. The minimum atomic E-state index is -0.0554. The van der Waals surface area contributed by atoms with E-state index in [1.54, 1.807) is 6.20 Å². The minimum Gasteiger partial charge on any atom is -0.358 e. The van der Waals surface area contributed by atoms with Crippen molar-refractivity contribution in [3.05, 3.63) is 47.3 Å². The zero-order chi connectivity index (χ0) is 18.2. The number of rotatable bonds is 3. The highest BCUT2D eigenvalue weighted by Crippen LogP contribution is 2.31. The molecule has 1 aromatic carbocycles. The number of fused-ring (bicyclic) bond motifs is 3. The SMILES string of the molecule is O=C(Nc1ccnn1C1CCCCC1)c1ccc2[nH]c3c(c2c1)CCCC3. The lowest BCUT2D eigenvalue weighted by Gasteiger charge is -2.23. The summed E-state index contributed by atoms with van der Waals surface area (Å²) in [5.41, 5.74) is 4.61. The number of aryl methyl sites for hydroxylation is 2. The van der Waals surface area contributed by atoms with Crippen molar-refractivity contribution in [3.8, 4) is 0 Å². The van der Waals surface area contributed by atoms with E-state index in [0.717, 1.165) is 37.0 Å². The predicted molar refractivity (Wildman–Crippen MR) is 107 cm³/mol. The molecule has 3 aromatic rings. The van der Waals surface area contributed by atoms with Crippen molar-refractivity contribution in [1.82, 2.24) is 14.8 Å². The molecule has 27 heavy (non-hydrogen) atoms. The van der Waals surface area contributed by atoms with Crippen molar-refractivity contribution >= 4 is 22.6 Å². The molecular formula is C22H26N4O. The van der Waals surface area contributed by atoms with Crippen LogP contribution >= 0.6 is 0 Å². The number of anilines is 1. The zero-order valence-corrected chi connectivity index (χ0v) is 15.6. The molecule has 2 aliphatic rings. The molecule has 5 heteroatoms. The van der Waals surface area contributed by atoms with E-state index in [9.17, 15) is 4.79 Å². The first-order valence-corrected chi connectivity index (χ1v) is 10.3. The summed E-state index contributed by atoms with van der Waals surface area (Å²) in [4.78, 5) is 16.5. The molecule has 140 valence electrons. The smallest absolute Gasteiger partial charge is 0.256 e. The van der Waals surface area contributed by atoms with Crippen LogP contribution in [0.1, 0.15) is 72.6 Å². The summed E-state index contributed by atoms with van der Waals surface area (Å²) in [5.74, 6) is 0.753. The second-order valence-corrected chi connectivity index (χ2v) is 7.96. The fraction of sp³-hybridized carbons (Fsp3) is 0.455. The molecule has 5 rings (SSSR count). The number of hydrogen-bond donors (Lipinski definition) is 2. The largest absolute Gasteiger partial charge is 0.358 e. The first-order valence-electron chi connectivity index (χ1n) is 10.3. The van der Waals surface area contributed by atoms with Gasteiger partial charge in [0, 0.05) is 28.2 Å². The third-order valence-electron chi connectivity index (χ3n) is 6.19. The van der Waals surface area contributed by atoms with Crippen LogP contribution < -0.4 is 5.32 Å². The van der Waals surface area contributed by atoms with E-state index in [-0.39, 0.29) is 5.91 Å². The Morgan fingerprint density at radius 3 is 2.81 bits per heavy atom. The van der Waals surface area contributed by atoms with Gasteiger partial charge in [0.25, 0.3) is 5.91 Å². The second-order valence-electron chi connectivity index (χ2n) is 7.96. The summed E-state index contributed by atoms with van der Waals surface area (Å²) in [5, 5.41) is 8.78. The molecule has 0 atom stereocenters. The van der Waals surface area contributed by atoms with Gasteiger partial charge in [-0.25, -0.2) is 4.68 Å². The summed E-state index contributed by atoms with van der Waals surface area (Å²) in [6, 6.07) is 8.32. The molecule has 2 aliphatic carbocycles. The average Bonchev–Trinajstić information content (AvgIpc) is 3.32. The normalized spacial score (nSPS) is 17.8. The number of amides is 1. The maximum absolute atomic E-state index is 12.9. The second kappa shape index (κ2) is 6.87. The molecule has 0 spiro atoms. The van der Waals surface area contributed by atoms with Crippen LogP contribution in [0.3, 0.4) is 0 Å².